The summed E-state index contributed by atoms with van der Waals surface area (Å²) >= 11 is 12.8. The lowest BCUT2D eigenvalue weighted by molar-refractivity contribution is -0.127. The number of amides is 1. The molecule has 1 aliphatic heterocycles. The number of Topliss-reactive ketones (excluding diaryl/α,β-unsaturated/α-hetero) is 1. The number of benzene rings is 4. The lowest BCUT2D eigenvalue weighted by Gasteiger charge is -2.34. The Morgan fingerprint density at radius 2 is 1.53 bits per heavy atom. The van der Waals surface area contributed by atoms with E-state index in [1.807, 2.05) is 97.6 Å². The summed E-state index contributed by atoms with van der Waals surface area (Å²) in [4.78, 5) is 34.2. The van der Waals surface area contributed by atoms with Gasteiger partial charge >= 0.3 is 0 Å². The molecule has 5 aromatic rings. The Morgan fingerprint density at radius 3 is 2.21 bits per heavy atom. The molecule has 1 aromatic heterocycles. The van der Waals surface area contributed by atoms with Crippen LogP contribution >= 0.6 is 35.6 Å². The highest BCUT2D eigenvalue weighted by Gasteiger charge is 2.20. The normalized spacial score (nSPS) is 13.0. The van der Waals surface area contributed by atoms with Crippen LogP contribution in [0.15, 0.2) is 109 Å². The number of nitrogens with zero attached hydrogens (tertiary/aromatic N) is 3. The van der Waals surface area contributed by atoms with E-state index in [1.165, 1.54) is 0 Å². The van der Waals surface area contributed by atoms with Crippen LogP contribution < -0.4 is 14.2 Å². The number of ketones is 1. The van der Waals surface area contributed by atoms with Crippen LogP contribution in [-0.2, 0) is 17.9 Å². The Labute approximate surface area is 326 Å². The van der Waals surface area contributed by atoms with Crippen molar-refractivity contribution in [1.82, 2.24) is 14.8 Å². The Morgan fingerprint density at radius 1 is 0.811 bits per heavy atom. The molecule has 0 unspecified atom stereocenters. The molecule has 1 saturated heterocycles. The van der Waals surface area contributed by atoms with Crippen molar-refractivity contribution in [3.63, 3.8) is 0 Å². The molecule has 6 rings (SSSR count). The molecule has 0 atom stereocenters. The van der Waals surface area contributed by atoms with Gasteiger partial charge in [0.05, 0.1) is 11.2 Å². The molecule has 1 amide bonds. The predicted octanol–water partition coefficient (Wildman–Crippen LogP) is 9.42. The molecule has 0 N–H and O–H groups in total. The summed E-state index contributed by atoms with van der Waals surface area (Å²) in [5.74, 6) is 2.02. The van der Waals surface area contributed by atoms with Gasteiger partial charge in [0.25, 0.3) is 0 Å². The number of carbonyl (C=O) groups is 2. The van der Waals surface area contributed by atoms with E-state index in [0.717, 1.165) is 47.5 Å². The first-order valence-corrected chi connectivity index (χ1v) is 17.8. The number of hydrogen-bond donors (Lipinski definition) is 0. The third-order valence-corrected chi connectivity index (χ3v) is 9.34. The van der Waals surface area contributed by atoms with Gasteiger partial charge in [0, 0.05) is 61.0 Å². The molecule has 1 fully saturated rings. The molecular formula is C42H40Cl3N3O5. The molecule has 8 nitrogen and oxygen atoms in total. The van der Waals surface area contributed by atoms with Crippen LogP contribution in [0.1, 0.15) is 38.2 Å². The minimum absolute atomic E-state index is 0. The molecule has 2 heterocycles. The van der Waals surface area contributed by atoms with E-state index < -0.39 is 0 Å². The van der Waals surface area contributed by atoms with Gasteiger partial charge in [-0.3, -0.25) is 14.5 Å². The molecule has 1 aliphatic rings. The molecule has 53 heavy (non-hydrogen) atoms. The maximum absolute atomic E-state index is 13.0. The average molecular weight is 773 g/mol. The third-order valence-electron chi connectivity index (χ3n) is 8.69. The summed E-state index contributed by atoms with van der Waals surface area (Å²) in [5.41, 5.74) is 5.36. The second kappa shape index (κ2) is 18.8. The SMILES string of the molecule is Cc1ccc(OCC(=O)c2ccc(CN3CCN(C(=O)/C=C/c4cc(C)c(Oc5ccc(OCc6ccccc6Cl)cn5)c(Cl)c4)CC3)cc2)cc1.Cl. The average Bonchev–Trinajstić information content (AvgIpc) is 3.16. The molecule has 274 valence electrons. The van der Waals surface area contributed by atoms with Crippen LogP contribution in [0.3, 0.4) is 0 Å². The van der Waals surface area contributed by atoms with Gasteiger partial charge < -0.3 is 19.1 Å². The molecule has 0 spiro atoms. The van der Waals surface area contributed by atoms with Crippen molar-refractivity contribution in [3.05, 3.63) is 153 Å². The van der Waals surface area contributed by atoms with Gasteiger partial charge in [-0.05, 0) is 73.0 Å². The fourth-order valence-corrected chi connectivity index (χ4v) is 6.20. The maximum atomic E-state index is 13.0. The minimum atomic E-state index is -0.0646. The zero-order valence-corrected chi connectivity index (χ0v) is 31.8. The number of rotatable bonds is 13. The zero-order chi connectivity index (χ0) is 36.5. The van der Waals surface area contributed by atoms with E-state index in [-0.39, 0.29) is 30.7 Å². The number of carbonyl (C=O) groups excluding carboxylic acids is 2. The number of piperazine rings is 1. The first-order valence-electron chi connectivity index (χ1n) is 17.0. The number of halogens is 3. The summed E-state index contributed by atoms with van der Waals surface area (Å²) in [5, 5.41) is 1.06. The smallest absolute Gasteiger partial charge is 0.246 e. The van der Waals surface area contributed by atoms with Crippen molar-refractivity contribution < 1.29 is 23.8 Å². The van der Waals surface area contributed by atoms with Crippen molar-refractivity contribution in [2.75, 3.05) is 32.8 Å². The van der Waals surface area contributed by atoms with E-state index in [1.54, 1.807) is 36.5 Å². The Balaban J connectivity index is 0.00000541. The highest BCUT2D eigenvalue weighted by atomic mass is 35.5. The first-order chi connectivity index (χ1) is 25.2. The predicted molar refractivity (Wildman–Crippen MR) is 212 cm³/mol. The van der Waals surface area contributed by atoms with Gasteiger partial charge in [0.1, 0.15) is 18.1 Å². The number of ether oxygens (including phenoxy) is 3. The summed E-state index contributed by atoms with van der Waals surface area (Å²) in [6.45, 7) is 7.73. The van der Waals surface area contributed by atoms with Crippen LogP contribution in [-0.4, -0.2) is 59.3 Å². The van der Waals surface area contributed by atoms with Gasteiger partial charge in [-0.25, -0.2) is 4.98 Å². The van der Waals surface area contributed by atoms with Gasteiger partial charge in [-0.2, -0.15) is 0 Å². The largest absolute Gasteiger partial charge is 0.487 e. The van der Waals surface area contributed by atoms with Crippen LogP contribution in [0.2, 0.25) is 10.0 Å². The summed E-state index contributed by atoms with van der Waals surface area (Å²) in [7, 11) is 0. The van der Waals surface area contributed by atoms with E-state index in [4.69, 9.17) is 37.4 Å². The van der Waals surface area contributed by atoms with Crippen molar-refractivity contribution in [2.24, 2.45) is 0 Å². The number of pyridine rings is 1. The molecule has 0 radical (unpaired) electrons. The second-order valence-electron chi connectivity index (χ2n) is 12.6. The fraction of sp³-hybridized carbons (Fsp3) is 0.214. The van der Waals surface area contributed by atoms with Gasteiger partial charge in [0.2, 0.25) is 11.8 Å². The fourth-order valence-electron chi connectivity index (χ4n) is 5.70. The number of aryl methyl sites for hydroxylation is 2. The maximum Gasteiger partial charge on any atom is 0.246 e. The molecule has 0 aliphatic carbocycles. The van der Waals surface area contributed by atoms with E-state index in [0.29, 0.717) is 58.4 Å². The van der Waals surface area contributed by atoms with Crippen molar-refractivity contribution in [2.45, 2.75) is 27.0 Å². The quantitative estimate of drug-likeness (QED) is 0.0872. The second-order valence-corrected chi connectivity index (χ2v) is 13.4. The van der Waals surface area contributed by atoms with E-state index in [2.05, 4.69) is 9.88 Å². The van der Waals surface area contributed by atoms with Gasteiger partial charge in [-0.15, -0.1) is 12.4 Å². The highest BCUT2D eigenvalue weighted by Crippen LogP contribution is 2.34. The van der Waals surface area contributed by atoms with Crippen LogP contribution in [0.25, 0.3) is 6.08 Å². The molecule has 0 bridgehead atoms. The Hall–Kier alpha value is -4.86. The molecule has 11 heteroatoms. The van der Waals surface area contributed by atoms with Crippen molar-refractivity contribution in [3.8, 4) is 23.1 Å². The standard InChI is InChI=1S/C42H39Cl2N3O5.ClH/c1-29-7-14-35(15-8-29)51-28-39(48)33-12-9-31(10-13-33)26-46-19-21-47(22-20-46)41(49)18-11-32-23-30(2)42(38(44)24-32)52-40-17-16-36(25-45-40)50-27-34-5-3-4-6-37(34)43;/h3-18,23-25H,19-22,26-28H2,1-2H3;1H/b18-11+;. The summed E-state index contributed by atoms with van der Waals surface area (Å²) in [6.07, 6.45) is 4.95. The zero-order valence-electron chi connectivity index (χ0n) is 29.5. The Bertz CT molecular complexity index is 2010. The Kier molecular flexibility index (Phi) is 13.9. The van der Waals surface area contributed by atoms with Crippen LogP contribution in [0.5, 0.6) is 23.1 Å². The molecule has 4 aromatic carbocycles. The molecule has 0 saturated carbocycles. The monoisotopic (exact) mass is 771 g/mol. The lowest BCUT2D eigenvalue weighted by Crippen LogP contribution is -2.47. The van der Waals surface area contributed by atoms with Gasteiger partial charge in [-0.1, -0.05) is 83.4 Å². The summed E-state index contributed by atoms with van der Waals surface area (Å²) in [6, 6.07) is 30.0. The van der Waals surface area contributed by atoms with Crippen molar-refractivity contribution >= 4 is 53.4 Å². The lowest BCUT2D eigenvalue weighted by atomic mass is 10.1. The third kappa shape index (κ3) is 11.1. The summed E-state index contributed by atoms with van der Waals surface area (Å²) < 4.78 is 17.5. The topological polar surface area (TPSA) is 81.2 Å². The first kappa shape index (κ1) is 39.3. The number of hydrogen-bond acceptors (Lipinski definition) is 7. The van der Waals surface area contributed by atoms with Crippen molar-refractivity contribution in [1.29, 1.82) is 0 Å². The van der Waals surface area contributed by atoms with E-state index >= 15 is 0 Å². The van der Waals surface area contributed by atoms with Crippen LogP contribution in [0, 0.1) is 13.8 Å². The van der Waals surface area contributed by atoms with E-state index in [9.17, 15) is 9.59 Å². The minimum Gasteiger partial charge on any atom is -0.487 e. The van der Waals surface area contributed by atoms with Gasteiger partial charge in [0.15, 0.2) is 18.1 Å². The van der Waals surface area contributed by atoms with Crippen LogP contribution in [0.4, 0.5) is 0 Å². The molecular weight excluding hydrogens is 733 g/mol. The number of aromatic nitrogens is 1. The highest BCUT2D eigenvalue weighted by molar-refractivity contribution is 6.32.